The van der Waals surface area contributed by atoms with Crippen molar-refractivity contribution in [3.63, 3.8) is 0 Å². The first kappa shape index (κ1) is 105. The molecule has 716 valence electrons. The lowest BCUT2D eigenvalue weighted by Gasteiger charge is -2.36. The first-order valence-corrected chi connectivity index (χ1v) is 46.3. The van der Waals surface area contributed by atoms with Crippen molar-refractivity contribution in [3.05, 3.63) is 190 Å². The van der Waals surface area contributed by atoms with Crippen LogP contribution in [-0.4, -0.2) is 318 Å². The van der Waals surface area contributed by atoms with Crippen LogP contribution in [-0.2, 0) is 24.4 Å². The van der Waals surface area contributed by atoms with Crippen molar-refractivity contribution in [2.24, 2.45) is 0 Å². The number of hydrogen-bond acceptors (Lipinski definition) is 18. The Morgan fingerprint density at radius 1 is 0.305 bits per heavy atom. The van der Waals surface area contributed by atoms with E-state index < -0.39 is 33.4 Å². The lowest BCUT2D eigenvalue weighted by molar-refractivity contribution is 0.106. The molecule has 0 saturated carbocycles. The molecule has 0 amide bonds. The van der Waals surface area contributed by atoms with Crippen molar-refractivity contribution in [1.29, 1.82) is 37.9 Å². The van der Waals surface area contributed by atoms with Gasteiger partial charge in [-0.25, -0.2) is 26.3 Å². The van der Waals surface area contributed by atoms with Gasteiger partial charge in [-0.15, -0.1) is 0 Å². The summed E-state index contributed by atoms with van der Waals surface area (Å²) in [5, 5.41) is 53.8. The number of nitrogens with one attached hydrogen (secondary N) is 7. The first-order valence-electron chi connectivity index (χ1n) is 45.1. The number of amidine groups is 7. The van der Waals surface area contributed by atoms with Gasteiger partial charge in [0.05, 0.1) is 70.2 Å². The molecule has 7 aromatic carbocycles. The molecule has 7 aromatic rings. The number of hydrogen-bond donors (Lipinski definition) is 7. The maximum atomic E-state index is 12.8. The minimum atomic E-state index is -0.525. The molecule has 7 aliphatic rings. The summed E-state index contributed by atoms with van der Waals surface area (Å²) in [6.07, 6.45) is 1.42. The van der Waals surface area contributed by atoms with Gasteiger partial charge in [-0.2, -0.15) is 0 Å². The molecule has 7 aliphatic heterocycles. The van der Waals surface area contributed by atoms with Gasteiger partial charge in [0.15, 0.2) is 0 Å². The van der Waals surface area contributed by atoms with Crippen molar-refractivity contribution >= 4 is 108 Å². The van der Waals surface area contributed by atoms with Crippen molar-refractivity contribution < 1.29 is 49.7 Å². The van der Waals surface area contributed by atoms with Gasteiger partial charge in [-0.3, -0.25) is 42.3 Å². The molecule has 0 atom stereocenters. The summed E-state index contributed by atoms with van der Waals surface area (Å²) in [7, 11) is 0. The number of rotatable bonds is 24. The van der Waals surface area contributed by atoms with Gasteiger partial charge >= 0.3 is 0 Å². The SMILES string of the molecule is CC(=N)N1CCN(c2ccc(CCCF)cc2)CC1.CC(=N)N1CCN(c2ccc(COCCF)cc2)CC1.CC(=N)N1CCN(c2ccc(F)cc2)CC1.CC(=N)N1CCN(c2ccc(OCCF)c(Br)c2)CC1.CC(=N)N1CCN(c2ccc(OCCF)c(Cl)c2)CC1.CC(=N)N1CCN(c2ccc(OCCF)cc2)CC1.CC(=N)N1CCN(c2cccc(CF)c2)CC1. The third-order valence-electron chi connectivity index (χ3n) is 23.4. The third kappa shape index (κ3) is 35.6. The fraction of sp³-hybridized carbons (Fsp3) is 0.495. The predicted octanol–water partition coefficient (Wildman–Crippen LogP) is 17.1. The van der Waals surface area contributed by atoms with Crippen LogP contribution in [0.15, 0.2) is 162 Å². The van der Waals surface area contributed by atoms with Crippen LogP contribution >= 0.6 is 27.5 Å². The Kier molecular flexibility index (Phi) is 45.6. The average Bonchev–Trinajstić information content (AvgIpc) is 0.827. The van der Waals surface area contributed by atoms with Crippen molar-refractivity contribution in [3.8, 4) is 17.2 Å². The van der Waals surface area contributed by atoms with E-state index in [1.54, 1.807) is 6.07 Å². The fourth-order valence-corrected chi connectivity index (χ4v) is 16.3. The molecule has 7 fully saturated rings. The largest absolute Gasteiger partial charge is 0.491 e. The highest BCUT2D eigenvalue weighted by Crippen LogP contribution is 2.33. The highest BCUT2D eigenvalue weighted by Gasteiger charge is 2.25. The van der Waals surface area contributed by atoms with E-state index in [-0.39, 0.29) is 38.9 Å². The normalized spacial score (nSPS) is 15.7. The van der Waals surface area contributed by atoms with E-state index in [1.807, 2.05) is 152 Å². The second-order valence-electron chi connectivity index (χ2n) is 32.4. The highest BCUT2D eigenvalue weighted by molar-refractivity contribution is 9.10. The Morgan fingerprint density at radius 3 is 0.916 bits per heavy atom. The van der Waals surface area contributed by atoms with Crippen LogP contribution in [0.5, 0.6) is 17.2 Å². The topological polar surface area (TPSA) is 249 Å². The number of halogens is 9. The van der Waals surface area contributed by atoms with E-state index in [0.29, 0.717) is 76.1 Å². The standard InChI is InChI=1S/C15H22FN3O.C15H22FN3.C14H19BrFN3O.C14H19ClFN3O.C14H20FN3O.C13H18FN3.C12H16FN3/c1-13(17)18-7-9-19(10-8-18)15-4-2-14(3-5-15)12-20-11-6-16;1-13(17)18-9-11-19(12-10-18)15-6-4-14(5-7-15)3-2-8-16;2*1-11(17)18-5-7-19(8-6-18)12-2-3-14(13(15)10-12)20-9-4-16;1-12(16)17-7-9-18(10-8-17)13-2-4-14(5-3-13)19-11-6-15;1-11(15)16-5-7-17(8-6-16)13-4-2-3-12(9-13)10-14;1-10(14)15-6-8-16(9-7-15)12-4-2-11(13)3-5-12/h2-5,17H,6-12H2,1H3;4-7,17H,2-3,8-12H2,1H3;2*2-3,10,17H,4-9H2,1H3;2-5,16H,6-11H2,1H3;2-4,9,15H,5-8,10H2,1H3;2-5,14H,6-9H2,1H3. The summed E-state index contributed by atoms with van der Waals surface area (Å²) in [6.45, 7) is 36.0. The van der Waals surface area contributed by atoms with E-state index >= 15 is 0 Å². The molecule has 14 rings (SSSR count). The Hall–Kier alpha value is -10.9. The van der Waals surface area contributed by atoms with Crippen LogP contribution in [0, 0.1) is 43.7 Å². The van der Waals surface area contributed by atoms with E-state index in [1.165, 1.54) is 29.1 Å². The zero-order chi connectivity index (χ0) is 94.6. The summed E-state index contributed by atoms with van der Waals surface area (Å²) in [6, 6.07) is 50.1. The maximum absolute atomic E-state index is 12.8. The lowest BCUT2D eigenvalue weighted by Crippen LogP contribution is -2.47. The number of anilines is 7. The smallest absolute Gasteiger partial charge is 0.138 e. The Morgan fingerprint density at radius 2 is 0.595 bits per heavy atom. The lowest BCUT2D eigenvalue weighted by atomic mass is 10.1. The molecule has 0 aliphatic carbocycles. The van der Waals surface area contributed by atoms with Gasteiger partial charge in [0.1, 0.15) is 76.3 Å². The number of nitrogens with zero attached hydrogens (tertiary/aromatic N) is 14. The summed E-state index contributed by atoms with van der Waals surface area (Å²) in [4.78, 5) is 30.5. The molecule has 7 heterocycles. The quantitative estimate of drug-likeness (QED) is 0.0129. The third-order valence-corrected chi connectivity index (χ3v) is 24.3. The van der Waals surface area contributed by atoms with Gasteiger partial charge in [-0.05, 0) is 215 Å². The molecule has 0 radical (unpaired) electrons. The Bertz CT molecular complexity index is 4410. The summed E-state index contributed by atoms with van der Waals surface area (Å²) in [5.41, 5.74) is 10.9. The van der Waals surface area contributed by atoms with Crippen molar-refractivity contribution in [2.45, 2.75) is 74.6 Å². The molecular formula is C97H136BrClF7N21O4. The van der Waals surface area contributed by atoms with E-state index in [9.17, 15) is 30.7 Å². The van der Waals surface area contributed by atoms with Crippen LogP contribution in [0.4, 0.5) is 70.5 Å². The van der Waals surface area contributed by atoms with Gasteiger partial charge < -0.3 is 87.5 Å². The minimum absolute atomic E-state index is 0.0242. The summed E-state index contributed by atoms with van der Waals surface area (Å²) >= 11 is 9.61. The van der Waals surface area contributed by atoms with Crippen molar-refractivity contribution in [1.82, 2.24) is 34.3 Å². The summed E-state index contributed by atoms with van der Waals surface area (Å²) in [5.74, 6) is 6.11. The molecule has 34 heteroatoms. The molecule has 0 unspecified atom stereocenters. The predicted molar refractivity (Wildman–Crippen MR) is 527 cm³/mol. The summed E-state index contributed by atoms with van der Waals surface area (Å²) < 4.78 is 107. The fourth-order valence-electron chi connectivity index (χ4n) is 15.6. The van der Waals surface area contributed by atoms with Crippen LogP contribution in [0.3, 0.4) is 0 Å². The highest BCUT2D eigenvalue weighted by atomic mass is 79.9. The second kappa shape index (κ2) is 56.7. The van der Waals surface area contributed by atoms with Crippen LogP contribution in [0.25, 0.3) is 0 Å². The van der Waals surface area contributed by atoms with Gasteiger partial charge in [0.25, 0.3) is 0 Å². The Balaban J connectivity index is 0.000000189. The number of piperazine rings is 7. The minimum Gasteiger partial charge on any atom is -0.491 e. The number of alkyl halides is 6. The van der Waals surface area contributed by atoms with Crippen LogP contribution in [0.1, 0.15) is 71.6 Å². The zero-order valence-electron chi connectivity index (χ0n) is 77.3. The first-order chi connectivity index (χ1) is 63.2. The van der Waals surface area contributed by atoms with Gasteiger partial charge in [0, 0.05) is 223 Å². The van der Waals surface area contributed by atoms with Crippen molar-refractivity contribution in [2.75, 3.05) is 277 Å². The van der Waals surface area contributed by atoms with Crippen LogP contribution in [0.2, 0.25) is 5.02 Å². The molecule has 131 heavy (non-hydrogen) atoms. The molecule has 25 nitrogen and oxygen atoms in total. The monoisotopic (exact) mass is 1910 g/mol. The van der Waals surface area contributed by atoms with Gasteiger partial charge in [-0.1, -0.05) is 48.0 Å². The van der Waals surface area contributed by atoms with E-state index in [2.05, 4.69) is 121 Å². The van der Waals surface area contributed by atoms with Gasteiger partial charge in [0.2, 0.25) is 0 Å². The molecule has 7 N–H and O–H groups in total. The molecular weight excluding hydrogens is 1770 g/mol. The number of aryl methyl sites for hydroxylation is 1. The molecule has 0 bridgehead atoms. The average molecular weight is 1910 g/mol. The number of benzene rings is 7. The molecule has 7 saturated heterocycles. The zero-order valence-corrected chi connectivity index (χ0v) is 79.6. The van der Waals surface area contributed by atoms with E-state index in [0.717, 1.165) is 234 Å². The molecule has 0 aromatic heterocycles. The van der Waals surface area contributed by atoms with E-state index in [4.69, 9.17) is 68.4 Å². The van der Waals surface area contributed by atoms with Crippen LogP contribution < -0.4 is 48.5 Å². The Labute approximate surface area is 784 Å². The maximum Gasteiger partial charge on any atom is 0.138 e. The number of ether oxygens (including phenoxy) is 4. The second-order valence-corrected chi connectivity index (χ2v) is 33.7. The molecule has 0 spiro atoms.